The molecular weight excluding hydrogens is 418 g/mol. The van der Waals surface area contributed by atoms with E-state index in [1.165, 1.54) is 0 Å². The molecule has 1 heterocycles. The van der Waals surface area contributed by atoms with E-state index in [1.54, 1.807) is 30.7 Å². The van der Waals surface area contributed by atoms with Crippen molar-refractivity contribution in [3.8, 4) is 11.4 Å². The van der Waals surface area contributed by atoms with E-state index in [0.717, 1.165) is 11.3 Å². The predicted octanol–water partition coefficient (Wildman–Crippen LogP) is 4.54. The van der Waals surface area contributed by atoms with Gasteiger partial charge in [-0.2, -0.15) is 0 Å². The highest BCUT2D eigenvalue weighted by Crippen LogP contribution is 2.27. The second kappa shape index (κ2) is 8.38. The van der Waals surface area contributed by atoms with Crippen LogP contribution in [0.3, 0.4) is 0 Å². The molecule has 134 valence electrons. The molecule has 26 heavy (non-hydrogen) atoms. The number of nitrogens with one attached hydrogen (secondary N) is 1. The first-order valence-electron chi connectivity index (χ1n) is 7.98. The number of carbonyl (C=O) groups excluding carboxylic acids is 1. The summed E-state index contributed by atoms with van der Waals surface area (Å²) >= 11 is 9.25. The lowest BCUT2D eigenvalue weighted by atomic mass is 10.1. The Morgan fingerprint density at radius 3 is 2.73 bits per heavy atom. The summed E-state index contributed by atoms with van der Waals surface area (Å²) in [5.41, 5.74) is 2.02. The lowest BCUT2D eigenvalue weighted by Gasteiger charge is -2.16. The number of hydrogen-bond donors (Lipinski definition) is 1. The summed E-state index contributed by atoms with van der Waals surface area (Å²) in [5.74, 6) is 0.375. The predicted molar refractivity (Wildman–Crippen MR) is 105 cm³/mol. The zero-order valence-electron chi connectivity index (χ0n) is 14.0. The molecule has 0 aliphatic carbocycles. The van der Waals surface area contributed by atoms with Crippen molar-refractivity contribution < 1.29 is 9.53 Å². The van der Waals surface area contributed by atoms with Crippen molar-refractivity contribution in [3.63, 3.8) is 0 Å². The molecule has 1 N–H and O–H groups in total. The fourth-order valence-corrected chi connectivity index (χ4v) is 3.25. The van der Waals surface area contributed by atoms with E-state index < -0.39 is 0 Å². The fraction of sp³-hybridized carbons (Fsp3) is 0.158. The van der Waals surface area contributed by atoms with Crippen LogP contribution < -0.4 is 10.1 Å². The SMILES string of the molecule is CC(NC(=O)COc1ccc(Cl)cc1Br)c1ccc(-n2ccnc2)cc1. The number of carbonyl (C=O) groups is 1. The number of aromatic nitrogens is 2. The maximum absolute atomic E-state index is 12.1. The van der Waals surface area contributed by atoms with Gasteiger partial charge in [0.15, 0.2) is 6.61 Å². The normalized spacial score (nSPS) is 11.8. The van der Waals surface area contributed by atoms with Gasteiger partial charge in [-0.15, -0.1) is 0 Å². The van der Waals surface area contributed by atoms with Crippen molar-refractivity contribution in [2.24, 2.45) is 0 Å². The molecule has 0 fully saturated rings. The summed E-state index contributed by atoms with van der Waals surface area (Å²) in [7, 11) is 0. The van der Waals surface area contributed by atoms with Crippen LogP contribution in [0.2, 0.25) is 5.02 Å². The van der Waals surface area contributed by atoms with Gasteiger partial charge in [-0.3, -0.25) is 4.79 Å². The minimum absolute atomic E-state index is 0.0717. The number of halogens is 2. The van der Waals surface area contributed by atoms with E-state index in [0.29, 0.717) is 15.2 Å². The van der Waals surface area contributed by atoms with E-state index >= 15 is 0 Å². The number of hydrogen-bond acceptors (Lipinski definition) is 3. The lowest BCUT2D eigenvalue weighted by Crippen LogP contribution is -2.31. The van der Waals surface area contributed by atoms with E-state index in [1.807, 2.05) is 42.0 Å². The first kappa shape index (κ1) is 18.5. The van der Waals surface area contributed by atoms with Gasteiger partial charge in [0.1, 0.15) is 5.75 Å². The minimum Gasteiger partial charge on any atom is -0.483 e. The Bertz CT molecular complexity index is 882. The van der Waals surface area contributed by atoms with Crippen molar-refractivity contribution in [1.82, 2.24) is 14.9 Å². The number of benzene rings is 2. The number of imidazole rings is 1. The molecule has 0 aliphatic rings. The average molecular weight is 435 g/mol. The molecule has 0 saturated heterocycles. The van der Waals surface area contributed by atoms with E-state index in [2.05, 4.69) is 26.2 Å². The molecule has 0 aliphatic heterocycles. The van der Waals surface area contributed by atoms with Gasteiger partial charge < -0.3 is 14.6 Å². The van der Waals surface area contributed by atoms with Gasteiger partial charge >= 0.3 is 0 Å². The van der Waals surface area contributed by atoms with Gasteiger partial charge in [0.05, 0.1) is 16.8 Å². The highest BCUT2D eigenvalue weighted by molar-refractivity contribution is 9.10. The third-order valence-corrected chi connectivity index (χ3v) is 4.68. The van der Waals surface area contributed by atoms with E-state index in [9.17, 15) is 4.79 Å². The van der Waals surface area contributed by atoms with Gasteiger partial charge in [0.25, 0.3) is 5.91 Å². The second-order valence-electron chi connectivity index (χ2n) is 5.71. The molecule has 3 rings (SSSR count). The third kappa shape index (κ3) is 4.65. The number of nitrogens with zero attached hydrogens (tertiary/aromatic N) is 2. The maximum atomic E-state index is 12.1. The number of rotatable bonds is 6. The molecule has 1 amide bonds. The summed E-state index contributed by atoms with van der Waals surface area (Å²) in [6.07, 6.45) is 5.36. The molecule has 0 saturated carbocycles. The summed E-state index contributed by atoms with van der Waals surface area (Å²) in [6.45, 7) is 1.86. The Morgan fingerprint density at radius 1 is 1.31 bits per heavy atom. The molecule has 1 aromatic heterocycles. The van der Waals surface area contributed by atoms with Crippen LogP contribution in [-0.4, -0.2) is 22.1 Å². The van der Waals surface area contributed by atoms with Gasteiger partial charge in [-0.1, -0.05) is 23.7 Å². The summed E-state index contributed by atoms with van der Waals surface area (Å²) in [6, 6.07) is 13.0. The van der Waals surface area contributed by atoms with Crippen LogP contribution in [0.15, 0.2) is 65.7 Å². The quantitative estimate of drug-likeness (QED) is 0.619. The molecule has 0 radical (unpaired) electrons. The molecule has 1 unspecified atom stereocenters. The second-order valence-corrected chi connectivity index (χ2v) is 7.00. The molecule has 3 aromatic rings. The van der Waals surface area contributed by atoms with Crippen LogP contribution in [0.25, 0.3) is 5.69 Å². The van der Waals surface area contributed by atoms with Crippen LogP contribution >= 0.6 is 27.5 Å². The molecular formula is C19H17BrClN3O2. The summed E-state index contributed by atoms with van der Waals surface area (Å²) < 4.78 is 8.16. The van der Waals surface area contributed by atoms with Crippen molar-refractivity contribution in [1.29, 1.82) is 0 Å². The third-order valence-electron chi connectivity index (χ3n) is 3.83. The summed E-state index contributed by atoms with van der Waals surface area (Å²) in [4.78, 5) is 16.2. The van der Waals surface area contributed by atoms with Crippen molar-refractivity contribution >= 4 is 33.4 Å². The molecule has 0 spiro atoms. The fourth-order valence-electron chi connectivity index (χ4n) is 2.45. The van der Waals surface area contributed by atoms with Crippen LogP contribution in [-0.2, 0) is 4.79 Å². The first-order chi connectivity index (χ1) is 12.5. The van der Waals surface area contributed by atoms with Gasteiger partial charge in [-0.05, 0) is 58.7 Å². The van der Waals surface area contributed by atoms with Crippen LogP contribution in [0.4, 0.5) is 0 Å². The van der Waals surface area contributed by atoms with Gasteiger partial charge in [0.2, 0.25) is 0 Å². The maximum Gasteiger partial charge on any atom is 0.258 e. The highest BCUT2D eigenvalue weighted by atomic mass is 79.9. The molecule has 7 heteroatoms. The molecule has 1 atom stereocenters. The lowest BCUT2D eigenvalue weighted by molar-refractivity contribution is -0.123. The Morgan fingerprint density at radius 2 is 2.08 bits per heavy atom. The molecule has 2 aromatic carbocycles. The number of ether oxygens (including phenoxy) is 1. The Labute approximate surface area is 165 Å². The van der Waals surface area contributed by atoms with Crippen molar-refractivity contribution in [3.05, 3.63) is 76.2 Å². The largest absolute Gasteiger partial charge is 0.483 e. The Hall–Kier alpha value is -2.31. The van der Waals surface area contributed by atoms with Gasteiger partial charge in [0, 0.05) is 23.1 Å². The first-order valence-corrected chi connectivity index (χ1v) is 9.15. The zero-order valence-corrected chi connectivity index (χ0v) is 16.4. The highest BCUT2D eigenvalue weighted by Gasteiger charge is 2.11. The van der Waals surface area contributed by atoms with Crippen LogP contribution in [0.1, 0.15) is 18.5 Å². The van der Waals surface area contributed by atoms with Crippen molar-refractivity contribution in [2.45, 2.75) is 13.0 Å². The monoisotopic (exact) mass is 433 g/mol. The van der Waals surface area contributed by atoms with Crippen LogP contribution in [0, 0.1) is 0 Å². The topological polar surface area (TPSA) is 56.1 Å². The Balaban J connectivity index is 1.55. The number of amides is 1. The molecule has 5 nitrogen and oxygen atoms in total. The standard InChI is InChI=1S/C19H17BrClN3O2/c1-13(14-2-5-16(6-3-14)24-9-8-22-12-24)23-19(25)11-26-18-7-4-15(21)10-17(18)20/h2-10,12-13H,11H2,1H3,(H,23,25). The minimum atomic E-state index is -0.196. The van der Waals surface area contributed by atoms with Crippen molar-refractivity contribution in [2.75, 3.05) is 6.61 Å². The molecule has 0 bridgehead atoms. The van der Waals surface area contributed by atoms with E-state index in [4.69, 9.17) is 16.3 Å². The average Bonchev–Trinajstić information content (AvgIpc) is 3.16. The van der Waals surface area contributed by atoms with Gasteiger partial charge in [-0.25, -0.2) is 4.98 Å². The zero-order chi connectivity index (χ0) is 18.5. The smallest absolute Gasteiger partial charge is 0.258 e. The van der Waals surface area contributed by atoms with E-state index in [-0.39, 0.29) is 18.6 Å². The Kier molecular flexibility index (Phi) is 5.96. The summed E-state index contributed by atoms with van der Waals surface area (Å²) in [5, 5.41) is 3.53. The van der Waals surface area contributed by atoms with Crippen LogP contribution in [0.5, 0.6) is 5.75 Å².